The predicted molar refractivity (Wildman–Crippen MR) is 77.2 cm³/mol. The Balaban J connectivity index is 3.65. The molecule has 118 valence electrons. The minimum atomic E-state index is -1.14. The van der Waals surface area contributed by atoms with Gasteiger partial charge >= 0.3 is 5.97 Å². The molecule has 5 heteroatoms. The van der Waals surface area contributed by atoms with Crippen molar-refractivity contribution in [3.63, 3.8) is 0 Å². The Morgan fingerprint density at radius 2 is 1.55 bits per heavy atom. The van der Waals surface area contributed by atoms with Crippen molar-refractivity contribution in [3.05, 3.63) is 12.7 Å². The standard InChI is InChI=1S/C15H28O5/c1-2-3-4-5-6-7-8-9-14(19)20-13-15(10-16,11-17)12-18/h2,16-18H,1,3-13H2. The molecule has 0 radical (unpaired) electrons. The molecular formula is C15H28O5. The molecule has 0 bridgehead atoms. The number of allylic oxidation sites excluding steroid dienone is 1. The van der Waals surface area contributed by atoms with Crippen molar-refractivity contribution in [2.75, 3.05) is 26.4 Å². The lowest BCUT2D eigenvalue weighted by molar-refractivity contribution is -0.151. The highest BCUT2D eigenvalue weighted by atomic mass is 16.5. The molecule has 0 aliphatic carbocycles. The van der Waals surface area contributed by atoms with Crippen LogP contribution in [0.2, 0.25) is 0 Å². The first-order chi connectivity index (χ1) is 9.64. The Morgan fingerprint density at radius 1 is 1.00 bits per heavy atom. The van der Waals surface area contributed by atoms with Crippen molar-refractivity contribution in [1.29, 1.82) is 0 Å². The fraction of sp³-hybridized carbons (Fsp3) is 0.800. The Morgan fingerprint density at radius 3 is 2.10 bits per heavy atom. The maximum atomic E-state index is 11.5. The number of aliphatic hydroxyl groups is 3. The SMILES string of the molecule is C=CCCCCCCCC(=O)OCC(CO)(CO)CO. The van der Waals surface area contributed by atoms with Crippen LogP contribution < -0.4 is 0 Å². The second-order valence-corrected chi connectivity index (χ2v) is 5.23. The highest BCUT2D eigenvalue weighted by Crippen LogP contribution is 2.16. The number of carbonyl (C=O) groups excluding carboxylic acids is 1. The first kappa shape index (κ1) is 19.1. The third-order valence-electron chi connectivity index (χ3n) is 3.33. The monoisotopic (exact) mass is 288 g/mol. The van der Waals surface area contributed by atoms with Crippen LogP contribution in [0.15, 0.2) is 12.7 Å². The summed E-state index contributed by atoms with van der Waals surface area (Å²) >= 11 is 0. The first-order valence-corrected chi connectivity index (χ1v) is 7.23. The fourth-order valence-corrected chi connectivity index (χ4v) is 1.68. The third-order valence-corrected chi connectivity index (χ3v) is 3.33. The summed E-state index contributed by atoms with van der Waals surface area (Å²) in [4.78, 5) is 11.5. The molecule has 0 saturated heterocycles. The lowest BCUT2D eigenvalue weighted by Crippen LogP contribution is -2.39. The number of esters is 1. The van der Waals surface area contributed by atoms with E-state index >= 15 is 0 Å². The molecule has 0 aliphatic rings. The van der Waals surface area contributed by atoms with Crippen molar-refractivity contribution in [2.45, 2.75) is 44.9 Å². The van der Waals surface area contributed by atoms with Crippen molar-refractivity contribution < 1.29 is 24.9 Å². The molecule has 3 N–H and O–H groups in total. The number of unbranched alkanes of at least 4 members (excludes halogenated alkanes) is 5. The van der Waals surface area contributed by atoms with Crippen molar-refractivity contribution >= 4 is 5.97 Å². The van der Waals surface area contributed by atoms with Gasteiger partial charge < -0.3 is 20.1 Å². The molecule has 0 fully saturated rings. The highest BCUT2D eigenvalue weighted by Gasteiger charge is 2.29. The van der Waals surface area contributed by atoms with Crippen LogP contribution in [-0.2, 0) is 9.53 Å². The van der Waals surface area contributed by atoms with Gasteiger partial charge in [-0.05, 0) is 19.3 Å². The summed E-state index contributed by atoms with van der Waals surface area (Å²) in [6, 6.07) is 0. The second-order valence-electron chi connectivity index (χ2n) is 5.23. The van der Waals surface area contributed by atoms with Gasteiger partial charge in [0, 0.05) is 6.42 Å². The van der Waals surface area contributed by atoms with Crippen molar-refractivity contribution in [2.24, 2.45) is 5.41 Å². The quantitative estimate of drug-likeness (QED) is 0.271. The largest absolute Gasteiger partial charge is 0.465 e. The lowest BCUT2D eigenvalue weighted by atomic mass is 9.93. The van der Waals surface area contributed by atoms with Gasteiger partial charge in [-0.2, -0.15) is 0 Å². The van der Waals surface area contributed by atoms with Crippen molar-refractivity contribution in [3.8, 4) is 0 Å². The Bertz CT molecular complexity index is 253. The van der Waals surface area contributed by atoms with Crippen LogP contribution in [0.4, 0.5) is 0 Å². The molecule has 0 rings (SSSR count). The van der Waals surface area contributed by atoms with E-state index in [1.54, 1.807) is 0 Å². The second kappa shape index (κ2) is 11.9. The molecule has 0 spiro atoms. The Kier molecular flexibility index (Phi) is 11.3. The summed E-state index contributed by atoms with van der Waals surface area (Å²) in [6.45, 7) is 2.25. The van der Waals surface area contributed by atoms with Gasteiger partial charge in [0.2, 0.25) is 0 Å². The summed E-state index contributed by atoms with van der Waals surface area (Å²) in [6.07, 6.45) is 8.41. The summed E-state index contributed by atoms with van der Waals surface area (Å²) in [5.41, 5.74) is -1.14. The summed E-state index contributed by atoms with van der Waals surface area (Å²) in [5.74, 6) is -0.351. The van der Waals surface area contributed by atoms with E-state index in [-0.39, 0.29) is 12.6 Å². The number of rotatable bonds is 13. The van der Waals surface area contributed by atoms with Gasteiger partial charge in [0.25, 0.3) is 0 Å². The zero-order chi connectivity index (χ0) is 15.3. The Hall–Kier alpha value is -0.910. The molecule has 0 amide bonds. The fourth-order valence-electron chi connectivity index (χ4n) is 1.68. The maximum absolute atomic E-state index is 11.5. The van der Waals surface area contributed by atoms with Crippen LogP contribution in [0, 0.1) is 5.41 Å². The van der Waals surface area contributed by atoms with Gasteiger partial charge in [-0.1, -0.05) is 25.3 Å². The molecule has 0 unspecified atom stereocenters. The van der Waals surface area contributed by atoms with Gasteiger partial charge in [0.1, 0.15) is 6.61 Å². The normalized spacial score (nSPS) is 11.3. The topological polar surface area (TPSA) is 87.0 Å². The van der Waals surface area contributed by atoms with Crippen LogP contribution >= 0.6 is 0 Å². The van der Waals surface area contributed by atoms with E-state index in [2.05, 4.69) is 6.58 Å². The van der Waals surface area contributed by atoms with Gasteiger partial charge in [0.05, 0.1) is 25.2 Å². The number of carbonyl (C=O) groups is 1. The van der Waals surface area contributed by atoms with E-state index in [1.807, 2.05) is 6.08 Å². The molecule has 0 heterocycles. The van der Waals surface area contributed by atoms with Crippen LogP contribution in [0.1, 0.15) is 44.9 Å². The molecule has 0 saturated carbocycles. The van der Waals surface area contributed by atoms with E-state index in [4.69, 9.17) is 20.1 Å². The van der Waals surface area contributed by atoms with Gasteiger partial charge in [-0.25, -0.2) is 0 Å². The summed E-state index contributed by atoms with van der Waals surface area (Å²) < 4.78 is 4.99. The number of hydrogen-bond acceptors (Lipinski definition) is 5. The molecule has 0 aromatic rings. The van der Waals surface area contributed by atoms with E-state index < -0.39 is 25.2 Å². The van der Waals surface area contributed by atoms with Crippen molar-refractivity contribution in [1.82, 2.24) is 0 Å². The molecule has 0 atom stereocenters. The van der Waals surface area contributed by atoms with Crippen LogP contribution in [-0.4, -0.2) is 47.7 Å². The zero-order valence-electron chi connectivity index (χ0n) is 12.2. The van der Waals surface area contributed by atoms with Crippen LogP contribution in [0.25, 0.3) is 0 Å². The average molecular weight is 288 g/mol. The highest BCUT2D eigenvalue weighted by molar-refractivity contribution is 5.69. The van der Waals surface area contributed by atoms with Gasteiger partial charge in [-0.3, -0.25) is 4.79 Å². The van der Waals surface area contributed by atoms with Gasteiger partial charge in [0.15, 0.2) is 0 Å². The third kappa shape index (κ3) is 8.30. The smallest absolute Gasteiger partial charge is 0.305 e. The molecule has 20 heavy (non-hydrogen) atoms. The summed E-state index contributed by atoms with van der Waals surface area (Å²) in [7, 11) is 0. The number of aliphatic hydroxyl groups excluding tert-OH is 3. The van der Waals surface area contributed by atoms with E-state index in [0.717, 1.165) is 38.5 Å². The Labute approximate surface area is 121 Å². The van der Waals surface area contributed by atoms with E-state index in [0.29, 0.717) is 6.42 Å². The zero-order valence-corrected chi connectivity index (χ0v) is 12.2. The minimum Gasteiger partial charge on any atom is -0.465 e. The average Bonchev–Trinajstić information content (AvgIpc) is 2.48. The molecule has 0 aromatic heterocycles. The van der Waals surface area contributed by atoms with E-state index in [9.17, 15) is 4.79 Å². The lowest BCUT2D eigenvalue weighted by Gasteiger charge is -2.26. The first-order valence-electron chi connectivity index (χ1n) is 7.23. The number of hydrogen-bond donors (Lipinski definition) is 3. The number of ether oxygens (including phenoxy) is 1. The molecular weight excluding hydrogens is 260 g/mol. The minimum absolute atomic E-state index is 0.158. The predicted octanol–water partition coefficient (Wildman–Crippen LogP) is 1.41. The van der Waals surface area contributed by atoms with Crippen LogP contribution in [0.3, 0.4) is 0 Å². The molecule has 0 aromatic carbocycles. The summed E-state index contributed by atoms with van der Waals surface area (Å²) in [5, 5.41) is 27.3. The van der Waals surface area contributed by atoms with E-state index in [1.165, 1.54) is 0 Å². The van der Waals surface area contributed by atoms with Gasteiger partial charge in [-0.15, -0.1) is 6.58 Å². The molecule has 5 nitrogen and oxygen atoms in total. The maximum Gasteiger partial charge on any atom is 0.305 e. The van der Waals surface area contributed by atoms with Crippen LogP contribution in [0.5, 0.6) is 0 Å². The molecule has 0 aliphatic heterocycles.